The number of carbonyl (C=O) groups excluding carboxylic acids is 4. The largest absolute Gasteiger partial charge is 0.394 e. The van der Waals surface area contributed by atoms with E-state index in [1.807, 2.05) is 6.92 Å². The topological polar surface area (TPSA) is 158 Å². The third-order valence-corrected chi connectivity index (χ3v) is 7.17. The Morgan fingerprint density at radius 2 is 1.24 bits per heavy atom. The maximum Gasteiger partial charge on any atom is 0.264 e. The Bertz CT molecular complexity index is 855. The number of amides is 4. The zero-order chi connectivity index (χ0) is 29.9. The number of ether oxygens (including phenoxy) is 2. The van der Waals surface area contributed by atoms with Gasteiger partial charge < -0.3 is 35.8 Å². The predicted molar refractivity (Wildman–Crippen MR) is 154 cm³/mol. The molecule has 0 aliphatic carbocycles. The Morgan fingerprint density at radius 1 is 0.732 bits per heavy atom. The maximum atomic E-state index is 12.9. The van der Waals surface area contributed by atoms with Crippen LogP contribution >= 0.6 is 0 Å². The molecular formula is C29H51N5O7. The smallest absolute Gasteiger partial charge is 0.264 e. The van der Waals surface area contributed by atoms with Crippen LogP contribution < -0.4 is 21.3 Å². The fourth-order valence-corrected chi connectivity index (χ4v) is 4.71. The number of fused-ring (bicyclic) bond motifs is 1. The number of hydrogen-bond donors (Lipinski definition) is 5. The summed E-state index contributed by atoms with van der Waals surface area (Å²) in [6, 6.07) is 0. The number of allylic oxidation sites excluding steroid dienone is 2. The Kier molecular flexibility index (Phi) is 16.5. The molecular weight excluding hydrogens is 530 g/mol. The predicted octanol–water partition coefficient (Wildman–Crippen LogP) is 1.08. The van der Waals surface area contributed by atoms with Gasteiger partial charge in [-0.15, -0.1) is 0 Å². The number of hydrogen-bond acceptors (Lipinski definition) is 8. The van der Waals surface area contributed by atoms with Crippen LogP contribution in [0.1, 0.15) is 84.5 Å². The molecule has 41 heavy (non-hydrogen) atoms. The van der Waals surface area contributed by atoms with E-state index in [1.165, 1.54) is 4.90 Å². The van der Waals surface area contributed by atoms with Crippen LogP contribution in [0, 0.1) is 0 Å². The molecule has 3 unspecified atom stereocenters. The van der Waals surface area contributed by atoms with Gasteiger partial charge in [0.2, 0.25) is 11.8 Å². The summed E-state index contributed by atoms with van der Waals surface area (Å²) in [5, 5.41) is 21.3. The van der Waals surface area contributed by atoms with E-state index in [1.54, 1.807) is 0 Å². The molecule has 2 heterocycles. The van der Waals surface area contributed by atoms with Gasteiger partial charge in [-0.3, -0.25) is 19.2 Å². The molecule has 0 bridgehead atoms. The normalized spacial score (nSPS) is 22.0. The van der Waals surface area contributed by atoms with Crippen molar-refractivity contribution in [2.24, 2.45) is 0 Å². The standard InChI is InChI=1S/C29H51N5O7/c1-3-5-7-8-9-10-11-15-24(37)31-17-13-19-33-26(39)28-34-27(40-21-29(34,20-35)22-41-28)25(38)32-18-12-16-30-23(36)14-6-4-2/h7-8,27-28,35H,3-6,9-22H2,1-2H3,(H,30,36)(H,31,37)(H,32,38)(H,33,39)/b8-7-. The van der Waals surface area contributed by atoms with Gasteiger partial charge in [0.05, 0.1) is 25.4 Å². The summed E-state index contributed by atoms with van der Waals surface area (Å²) in [6.07, 6.45) is 11.1. The van der Waals surface area contributed by atoms with E-state index in [-0.39, 0.29) is 31.6 Å². The monoisotopic (exact) mass is 581 g/mol. The Hall–Kier alpha value is -2.54. The van der Waals surface area contributed by atoms with Crippen molar-refractivity contribution in [1.29, 1.82) is 0 Å². The third-order valence-electron chi connectivity index (χ3n) is 7.17. The van der Waals surface area contributed by atoms with Gasteiger partial charge in [-0.1, -0.05) is 38.8 Å². The summed E-state index contributed by atoms with van der Waals surface area (Å²) in [5.41, 5.74) is -0.975. The number of aliphatic hydroxyl groups excluding tert-OH is 1. The fraction of sp³-hybridized carbons (Fsp3) is 0.793. The lowest BCUT2D eigenvalue weighted by molar-refractivity contribution is -0.152. The van der Waals surface area contributed by atoms with Crippen molar-refractivity contribution in [2.75, 3.05) is 46.0 Å². The Morgan fingerprint density at radius 3 is 1.76 bits per heavy atom. The molecule has 0 saturated carbocycles. The molecule has 12 heteroatoms. The first-order chi connectivity index (χ1) is 19.9. The molecule has 2 rings (SSSR count). The summed E-state index contributed by atoms with van der Waals surface area (Å²) >= 11 is 0. The second kappa shape index (κ2) is 19.6. The molecule has 2 fully saturated rings. The zero-order valence-electron chi connectivity index (χ0n) is 24.9. The lowest BCUT2D eigenvalue weighted by atomic mass is 10.0. The summed E-state index contributed by atoms with van der Waals surface area (Å²) in [5.74, 6) is -0.860. The van der Waals surface area contributed by atoms with Gasteiger partial charge >= 0.3 is 0 Å². The second-order valence-corrected chi connectivity index (χ2v) is 10.7. The molecule has 4 amide bonds. The number of carbonyl (C=O) groups is 4. The molecule has 0 radical (unpaired) electrons. The second-order valence-electron chi connectivity index (χ2n) is 10.7. The maximum absolute atomic E-state index is 12.9. The SMILES string of the molecule is CCC/C=C\CCCCC(=O)NCCCNC(=O)C1OCC2(CO)COC(C(=O)NCCCNC(=O)CCCC)N12. The zero-order valence-corrected chi connectivity index (χ0v) is 24.9. The number of aliphatic hydroxyl groups is 1. The Labute approximate surface area is 244 Å². The van der Waals surface area contributed by atoms with Crippen LogP contribution in [0.4, 0.5) is 0 Å². The van der Waals surface area contributed by atoms with E-state index in [4.69, 9.17) is 9.47 Å². The van der Waals surface area contributed by atoms with Crippen molar-refractivity contribution in [3.8, 4) is 0 Å². The van der Waals surface area contributed by atoms with E-state index < -0.39 is 29.8 Å². The molecule has 5 N–H and O–H groups in total. The molecule has 0 aromatic heterocycles. The van der Waals surface area contributed by atoms with Crippen molar-refractivity contribution >= 4 is 23.6 Å². The van der Waals surface area contributed by atoms with Crippen LogP contribution in [0.3, 0.4) is 0 Å². The summed E-state index contributed by atoms with van der Waals surface area (Å²) in [7, 11) is 0. The number of rotatable bonds is 21. The van der Waals surface area contributed by atoms with Gasteiger partial charge in [0, 0.05) is 39.0 Å². The first kappa shape index (κ1) is 34.7. The molecule has 0 aromatic rings. The third kappa shape index (κ3) is 11.7. The average Bonchev–Trinajstić information content (AvgIpc) is 3.53. The van der Waals surface area contributed by atoms with Crippen LogP contribution in [-0.4, -0.2) is 97.6 Å². The van der Waals surface area contributed by atoms with E-state index in [0.717, 1.165) is 44.9 Å². The van der Waals surface area contributed by atoms with Crippen LogP contribution in [0.25, 0.3) is 0 Å². The number of unbranched alkanes of at least 4 members (excludes halogenated alkanes) is 4. The average molecular weight is 582 g/mol. The summed E-state index contributed by atoms with van der Waals surface area (Å²) < 4.78 is 11.4. The van der Waals surface area contributed by atoms with E-state index in [2.05, 4.69) is 40.3 Å². The molecule has 2 aliphatic heterocycles. The quantitative estimate of drug-likeness (QED) is 0.0995. The van der Waals surface area contributed by atoms with Gasteiger partial charge in [0.25, 0.3) is 11.8 Å². The van der Waals surface area contributed by atoms with Gasteiger partial charge in [-0.2, -0.15) is 0 Å². The molecule has 0 spiro atoms. The molecule has 2 aliphatic rings. The van der Waals surface area contributed by atoms with Crippen molar-refractivity contribution < 1.29 is 33.8 Å². The van der Waals surface area contributed by atoms with Crippen LogP contribution in [0.2, 0.25) is 0 Å². The van der Waals surface area contributed by atoms with Gasteiger partial charge in [0.15, 0.2) is 12.5 Å². The molecule has 2 saturated heterocycles. The molecule has 234 valence electrons. The number of nitrogens with one attached hydrogen (secondary N) is 4. The minimum Gasteiger partial charge on any atom is -0.394 e. The van der Waals surface area contributed by atoms with E-state index >= 15 is 0 Å². The van der Waals surface area contributed by atoms with Crippen LogP contribution in [0.5, 0.6) is 0 Å². The molecule has 3 atom stereocenters. The first-order valence-electron chi connectivity index (χ1n) is 15.2. The lowest BCUT2D eigenvalue weighted by Gasteiger charge is -2.31. The van der Waals surface area contributed by atoms with Gasteiger partial charge in [-0.05, 0) is 44.9 Å². The minimum absolute atomic E-state index is 0.00247. The highest BCUT2D eigenvalue weighted by Crippen LogP contribution is 2.36. The van der Waals surface area contributed by atoms with Crippen LogP contribution in [0.15, 0.2) is 12.2 Å². The first-order valence-corrected chi connectivity index (χ1v) is 15.2. The van der Waals surface area contributed by atoms with E-state index in [9.17, 15) is 24.3 Å². The van der Waals surface area contributed by atoms with Crippen molar-refractivity contribution in [3.05, 3.63) is 12.2 Å². The molecule has 12 nitrogen and oxygen atoms in total. The van der Waals surface area contributed by atoms with Gasteiger partial charge in [0.1, 0.15) is 0 Å². The van der Waals surface area contributed by atoms with E-state index in [0.29, 0.717) is 51.9 Å². The highest BCUT2D eigenvalue weighted by molar-refractivity contribution is 5.84. The van der Waals surface area contributed by atoms with Crippen molar-refractivity contribution in [3.63, 3.8) is 0 Å². The highest BCUT2D eigenvalue weighted by atomic mass is 16.6. The number of nitrogens with zero attached hydrogens (tertiary/aromatic N) is 1. The minimum atomic E-state index is -1.08. The van der Waals surface area contributed by atoms with Crippen molar-refractivity contribution in [1.82, 2.24) is 26.2 Å². The van der Waals surface area contributed by atoms with Crippen molar-refractivity contribution in [2.45, 2.75) is 102 Å². The lowest BCUT2D eigenvalue weighted by Crippen LogP contribution is -2.58. The Balaban J connectivity index is 1.69. The highest BCUT2D eigenvalue weighted by Gasteiger charge is 2.59. The fourth-order valence-electron chi connectivity index (χ4n) is 4.71. The molecule has 0 aromatic carbocycles. The summed E-state index contributed by atoms with van der Waals surface area (Å²) in [6.45, 7) is 5.49. The van der Waals surface area contributed by atoms with Crippen LogP contribution in [-0.2, 0) is 28.7 Å². The summed E-state index contributed by atoms with van der Waals surface area (Å²) in [4.78, 5) is 51.1. The van der Waals surface area contributed by atoms with Gasteiger partial charge in [-0.25, -0.2) is 4.90 Å².